The summed E-state index contributed by atoms with van der Waals surface area (Å²) in [6.07, 6.45) is 0. The molecule has 0 radical (unpaired) electrons. The average molecular weight is 427 g/mol. The number of nitrogens with one attached hydrogen (secondary N) is 2. The summed E-state index contributed by atoms with van der Waals surface area (Å²) in [4.78, 5) is 37.6. The van der Waals surface area contributed by atoms with Gasteiger partial charge in [-0.15, -0.1) is 0 Å². The van der Waals surface area contributed by atoms with Crippen LogP contribution in [0.15, 0.2) is 54.6 Å². The Morgan fingerprint density at radius 2 is 1.61 bits per heavy atom. The van der Waals surface area contributed by atoms with E-state index < -0.39 is 24.4 Å². The van der Waals surface area contributed by atoms with Crippen molar-refractivity contribution in [3.8, 4) is 5.75 Å². The Kier molecular flexibility index (Phi) is 8.24. The molecule has 164 valence electrons. The van der Waals surface area contributed by atoms with Crippen molar-refractivity contribution in [1.29, 1.82) is 0 Å². The van der Waals surface area contributed by atoms with Gasteiger partial charge in [0.05, 0.1) is 13.2 Å². The second-order valence-electron chi connectivity index (χ2n) is 6.73. The Morgan fingerprint density at radius 1 is 0.903 bits per heavy atom. The lowest BCUT2D eigenvalue weighted by Gasteiger charge is -2.28. The van der Waals surface area contributed by atoms with Crippen LogP contribution < -0.4 is 20.3 Å². The van der Waals surface area contributed by atoms with Crippen molar-refractivity contribution in [2.75, 3.05) is 56.3 Å². The van der Waals surface area contributed by atoms with E-state index in [2.05, 4.69) is 15.5 Å². The summed E-state index contributed by atoms with van der Waals surface area (Å²) in [5.41, 5.74) is 1.66. The van der Waals surface area contributed by atoms with Gasteiger partial charge in [-0.1, -0.05) is 18.2 Å². The first kappa shape index (κ1) is 22.1. The van der Waals surface area contributed by atoms with E-state index in [9.17, 15) is 14.4 Å². The van der Waals surface area contributed by atoms with Gasteiger partial charge in [0, 0.05) is 24.5 Å². The first-order chi connectivity index (χ1) is 15.1. The fourth-order valence-electron chi connectivity index (χ4n) is 2.86. The molecular weight excluding hydrogens is 402 g/mol. The zero-order valence-electron chi connectivity index (χ0n) is 17.0. The number of hydrogen-bond acceptors (Lipinski definition) is 7. The number of ether oxygens (including phenoxy) is 3. The molecule has 1 heterocycles. The lowest BCUT2D eigenvalue weighted by Crippen LogP contribution is -2.36. The standard InChI is InChI=1S/C22H25N3O6/c26-20(15-30-19-4-2-1-3-5-19)23-14-22(28)31-16-21(27)24-17-6-8-18(9-7-17)25-10-12-29-13-11-25/h1-9H,10-16H2,(H,23,26)(H,24,27). The number of carbonyl (C=O) groups excluding carboxylic acids is 3. The molecule has 2 aromatic rings. The Labute approximate surface area is 180 Å². The van der Waals surface area contributed by atoms with E-state index in [4.69, 9.17) is 14.2 Å². The lowest BCUT2D eigenvalue weighted by molar-refractivity contribution is -0.147. The third-order valence-corrected chi connectivity index (χ3v) is 4.43. The highest BCUT2D eigenvalue weighted by atomic mass is 16.5. The van der Waals surface area contributed by atoms with Gasteiger partial charge in [0.15, 0.2) is 13.2 Å². The number of para-hydroxylation sites is 1. The maximum absolute atomic E-state index is 12.0. The van der Waals surface area contributed by atoms with Crippen molar-refractivity contribution in [2.24, 2.45) is 0 Å². The molecule has 1 aliphatic rings. The normalized spacial score (nSPS) is 13.2. The topological polar surface area (TPSA) is 106 Å². The second kappa shape index (κ2) is 11.6. The molecule has 1 aliphatic heterocycles. The predicted octanol–water partition coefficient (Wildman–Crippen LogP) is 1.20. The molecule has 2 aromatic carbocycles. The Balaban J connectivity index is 1.31. The predicted molar refractivity (Wildman–Crippen MR) is 114 cm³/mol. The summed E-state index contributed by atoms with van der Waals surface area (Å²) in [7, 11) is 0. The van der Waals surface area contributed by atoms with Crippen LogP contribution in [0.4, 0.5) is 11.4 Å². The minimum atomic E-state index is -0.717. The highest BCUT2D eigenvalue weighted by molar-refractivity contribution is 5.93. The molecule has 0 spiro atoms. The molecule has 9 heteroatoms. The van der Waals surface area contributed by atoms with Gasteiger partial charge in [0.1, 0.15) is 12.3 Å². The molecule has 0 aromatic heterocycles. The number of hydrogen-bond donors (Lipinski definition) is 2. The molecule has 0 bridgehead atoms. The van der Waals surface area contributed by atoms with Crippen molar-refractivity contribution in [3.05, 3.63) is 54.6 Å². The molecule has 2 amide bonds. The third-order valence-electron chi connectivity index (χ3n) is 4.43. The number of esters is 1. The third kappa shape index (κ3) is 7.63. The molecule has 9 nitrogen and oxygen atoms in total. The number of anilines is 2. The number of nitrogens with zero attached hydrogens (tertiary/aromatic N) is 1. The Bertz CT molecular complexity index is 867. The zero-order valence-corrected chi connectivity index (χ0v) is 17.0. The van der Waals surface area contributed by atoms with Crippen LogP contribution in [-0.4, -0.2) is 63.8 Å². The average Bonchev–Trinajstić information content (AvgIpc) is 2.82. The largest absolute Gasteiger partial charge is 0.484 e. The summed E-state index contributed by atoms with van der Waals surface area (Å²) in [5, 5.41) is 5.04. The first-order valence-corrected chi connectivity index (χ1v) is 9.93. The van der Waals surface area contributed by atoms with Crippen LogP contribution in [0.1, 0.15) is 0 Å². The number of amides is 2. The summed E-state index contributed by atoms with van der Waals surface area (Å²) in [6, 6.07) is 16.3. The monoisotopic (exact) mass is 427 g/mol. The first-order valence-electron chi connectivity index (χ1n) is 9.93. The van der Waals surface area contributed by atoms with Crippen LogP contribution in [0.5, 0.6) is 5.75 Å². The highest BCUT2D eigenvalue weighted by Gasteiger charge is 2.12. The molecule has 0 atom stereocenters. The van der Waals surface area contributed by atoms with Crippen LogP contribution in [0, 0.1) is 0 Å². The summed E-state index contributed by atoms with van der Waals surface area (Å²) in [5.74, 6) is -1.10. The van der Waals surface area contributed by atoms with E-state index in [1.807, 2.05) is 18.2 Å². The van der Waals surface area contributed by atoms with Gasteiger partial charge in [0.25, 0.3) is 11.8 Å². The van der Waals surface area contributed by atoms with E-state index in [1.54, 1.807) is 36.4 Å². The number of carbonyl (C=O) groups is 3. The summed E-state index contributed by atoms with van der Waals surface area (Å²) >= 11 is 0. The molecule has 0 saturated carbocycles. The fraction of sp³-hybridized carbons (Fsp3) is 0.318. The molecule has 1 saturated heterocycles. The van der Waals surface area contributed by atoms with Crippen molar-refractivity contribution < 1.29 is 28.6 Å². The maximum atomic E-state index is 12.0. The minimum Gasteiger partial charge on any atom is -0.484 e. The van der Waals surface area contributed by atoms with E-state index in [0.29, 0.717) is 24.7 Å². The molecule has 2 N–H and O–H groups in total. The van der Waals surface area contributed by atoms with E-state index in [-0.39, 0.29) is 13.2 Å². The Morgan fingerprint density at radius 3 is 2.32 bits per heavy atom. The number of benzene rings is 2. The lowest BCUT2D eigenvalue weighted by atomic mass is 10.2. The van der Waals surface area contributed by atoms with Crippen LogP contribution in [0.25, 0.3) is 0 Å². The molecule has 3 rings (SSSR count). The maximum Gasteiger partial charge on any atom is 0.325 e. The van der Waals surface area contributed by atoms with E-state index in [1.165, 1.54) is 0 Å². The second-order valence-corrected chi connectivity index (χ2v) is 6.73. The van der Waals surface area contributed by atoms with Crippen LogP contribution in [0.2, 0.25) is 0 Å². The minimum absolute atomic E-state index is 0.224. The summed E-state index contributed by atoms with van der Waals surface area (Å²) in [6.45, 7) is 2.04. The van der Waals surface area contributed by atoms with Gasteiger partial charge < -0.3 is 29.7 Å². The van der Waals surface area contributed by atoms with Gasteiger partial charge >= 0.3 is 5.97 Å². The van der Waals surface area contributed by atoms with E-state index >= 15 is 0 Å². The van der Waals surface area contributed by atoms with Gasteiger partial charge in [-0.3, -0.25) is 14.4 Å². The molecule has 1 fully saturated rings. The summed E-state index contributed by atoms with van der Waals surface area (Å²) < 4.78 is 15.5. The van der Waals surface area contributed by atoms with Crippen molar-refractivity contribution in [3.63, 3.8) is 0 Å². The molecule has 0 aliphatic carbocycles. The quantitative estimate of drug-likeness (QED) is 0.579. The van der Waals surface area contributed by atoms with Crippen LogP contribution in [-0.2, 0) is 23.9 Å². The molecule has 31 heavy (non-hydrogen) atoms. The molecule has 0 unspecified atom stereocenters. The van der Waals surface area contributed by atoms with Gasteiger partial charge in [-0.2, -0.15) is 0 Å². The van der Waals surface area contributed by atoms with Crippen LogP contribution in [0.3, 0.4) is 0 Å². The fourth-order valence-corrected chi connectivity index (χ4v) is 2.86. The highest BCUT2D eigenvalue weighted by Crippen LogP contribution is 2.19. The van der Waals surface area contributed by atoms with E-state index in [0.717, 1.165) is 18.8 Å². The molecular formula is C22H25N3O6. The van der Waals surface area contributed by atoms with Crippen molar-refractivity contribution in [2.45, 2.75) is 0 Å². The SMILES string of the molecule is O=C(COc1ccccc1)NCC(=O)OCC(=O)Nc1ccc(N2CCOCC2)cc1. The zero-order chi connectivity index (χ0) is 21.9. The van der Waals surface area contributed by atoms with Gasteiger partial charge in [-0.05, 0) is 36.4 Å². The van der Waals surface area contributed by atoms with Gasteiger partial charge in [-0.25, -0.2) is 0 Å². The van der Waals surface area contributed by atoms with Gasteiger partial charge in [0.2, 0.25) is 0 Å². The number of morpholine rings is 1. The Hall–Kier alpha value is -3.59. The van der Waals surface area contributed by atoms with Crippen molar-refractivity contribution >= 4 is 29.2 Å². The number of rotatable bonds is 9. The smallest absolute Gasteiger partial charge is 0.325 e. The van der Waals surface area contributed by atoms with Crippen LogP contribution >= 0.6 is 0 Å². The van der Waals surface area contributed by atoms with Crippen molar-refractivity contribution in [1.82, 2.24) is 5.32 Å².